The van der Waals surface area contributed by atoms with E-state index < -0.39 is 0 Å². The number of methoxy groups -OCH3 is 1. The van der Waals surface area contributed by atoms with E-state index >= 15 is 0 Å². The first-order valence-electron chi connectivity index (χ1n) is 6.49. The summed E-state index contributed by atoms with van der Waals surface area (Å²) in [5.74, 6) is 1.93. The number of nitrogens with zero attached hydrogens (tertiary/aromatic N) is 5. The van der Waals surface area contributed by atoms with Gasteiger partial charge >= 0.3 is 0 Å². The van der Waals surface area contributed by atoms with Crippen molar-refractivity contribution in [3.8, 4) is 5.88 Å². The van der Waals surface area contributed by atoms with Gasteiger partial charge in [0, 0.05) is 19.0 Å². The fraction of sp³-hybridized carbons (Fsp3) is 0.385. The summed E-state index contributed by atoms with van der Waals surface area (Å²) in [6.07, 6.45) is 1.92. The highest BCUT2D eigenvalue weighted by atomic mass is 35.5. The van der Waals surface area contributed by atoms with Crippen LogP contribution in [0.2, 0.25) is 0 Å². The molecule has 3 aromatic rings. The third kappa shape index (κ3) is 2.69. The summed E-state index contributed by atoms with van der Waals surface area (Å²) in [5, 5.41) is 3.58. The van der Waals surface area contributed by atoms with Gasteiger partial charge in [0.2, 0.25) is 12.3 Å². The van der Waals surface area contributed by atoms with Crippen molar-refractivity contribution in [2.75, 3.05) is 7.11 Å². The number of fused-ring (bicyclic) bond motifs is 1. The van der Waals surface area contributed by atoms with E-state index in [4.69, 9.17) is 20.9 Å². The Morgan fingerprint density at radius 1 is 1.38 bits per heavy atom. The Kier molecular flexibility index (Phi) is 3.74. The van der Waals surface area contributed by atoms with E-state index in [9.17, 15) is 0 Å². The van der Waals surface area contributed by atoms with Gasteiger partial charge in [0.05, 0.1) is 12.5 Å². The van der Waals surface area contributed by atoms with Crippen LogP contribution in [0.25, 0.3) is 11.2 Å². The van der Waals surface area contributed by atoms with Gasteiger partial charge in [-0.15, -0.1) is 11.6 Å². The quantitative estimate of drug-likeness (QED) is 0.673. The minimum Gasteiger partial charge on any atom is -0.481 e. The average molecular weight is 308 g/mol. The van der Waals surface area contributed by atoms with Crippen LogP contribution in [0.4, 0.5) is 0 Å². The smallest absolute Gasteiger partial charge is 0.215 e. The molecule has 1 atom stereocenters. The van der Waals surface area contributed by atoms with Crippen LogP contribution in [0.1, 0.15) is 23.9 Å². The first-order valence-corrected chi connectivity index (χ1v) is 6.93. The fourth-order valence-electron chi connectivity index (χ4n) is 2.15. The maximum Gasteiger partial charge on any atom is 0.215 e. The van der Waals surface area contributed by atoms with Crippen molar-refractivity contribution in [1.82, 2.24) is 24.7 Å². The number of halogens is 1. The lowest BCUT2D eigenvalue weighted by molar-refractivity contribution is 0.398. The fourth-order valence-corrected chi connectivity index (χ4v) is 2.32. The Morgan fingerprint density at radius 3 is 2.90 bits per heavy atom. The molecule has 0 radical (unpaired) electrons. The Balaban J connectivity index is 2.01. The molecule has 3 heterocycles. The third-order valence-electron chi connectivity index (χ3n) is 3.13. The maximum absolute atomic E-state index is 6.22. The molecule has 0 aliphatic heterocycles. The van der Waals surface area contributed by atoms with Crippen LogP contribution in [0.5, 0.6) is 5.88 Å². The van der Waals surface area contributed by atoms with Crippen molar-refractivity contribution in [3.05, 3.63) is 30.2 Å². The minimum absolute atomic E-state index is 0.226. The number of rotatable bonds is 5. The molecule has 0 aliphatic rings. The summed E-state index contributed by atoms with van der Waals surface area (Å²) in [4.78, 5) is 13.0. The van der Waals surface area contributed by atoms with Crippen LogP contribution in [-0.4, -0.2) is 31.8 Å². The molecule has 0 fully saturated rings. The summed E-state index contributed by atoms with van der Waals surface area (Å²) in [6, 6.07) is 3.65. The predicted octanol–water partition coefficient (Wildman–Crippen LogP) is 2.37. The second-order valence-electron chi connectivity index (χ2n) is 4.53. The standard InChI is InChI=1S/C13H14ClN5O2/c1-8(14)12-16-9-3-4-11(20-2)17-13(9)19(12)6-5-10-15-7-21-18-10/h3-4,7-8H,5-6H2,1-2H3. The zero-order chi connectivity index (χ0) is 14.8. The molecule has 110 valence electrons. The highest BCUT2D eigenvalue weighted by Gasteiger charge is 2.17. The van der Waals surface area contributed by atoms with Crippen molar-refractivity contribution >= 4 is 22.8 Å². The van der Waals surface area contributed by atoms with E-state index in [1.165, 1.54) is 6.39 Å². The lowest BCUT2D eigenvalue weighted by Gasteiger charge is -2.08. The number of hydrogen-bond acceptors (Lipinski definition) is 6. The second kappa shape index (κ2) is 5.69. The van der Waals surface area contributed by atoms with Crippen molar-refractivity contribution in [1.29, 1.82) is 0 Å². The van der Waals surface area contributed by atoms with Gasteiger partial charge in [0.15, 0.2) is 11.5 Å². The number of pyridine rings is 1. The van der Waals surface area contributed by atoms with Gasteiger partial charge in [0.1, 0.15) is 11.3 Å². The summed E-state index contributed by atoms with van der Waals surface area (Å²) < 4.78 is 11.9. The highest BCUT2D eigenvalue weighted by molar-refractivity contribution is 6.20. The molecule has 3 aromatic heterocycles. The molecule has 7 nitrogen and oxygen atoms in total. The maximum atomic E-state index is 6.22. The Morgan fingerprint density at radius 2 is 2.24 bits per heavy atom. The molecule has 0 amide bonds. The zero-order valence-corrected chi connectivity index (χ0v) is 12.4. The largest absolute Gasteiger partial charge is 0.481 e. The summed E-state index contributed by atoms with van der Waals surface area (Å²) >= 11 is 6.22. The first kappa shape index (κ1) is 13.8. The molecule has 8 heteroatoms. The molecule has 21 heavy (non-hydrogen) atoms. The molecule has 3 rings (SSSR count). The van der Waals surface area contributed by atoms with Crippen LogP contribution < -0.4 is 4.74 Å². The second-order valence-corrected chi connectivity index (χ2v) is 5.19. The number of imidazole rings is 1. The van der Waals surface area contributed by atoms with Crippen LogP contribution >= 0.6 is 11.6 Å². The molecule has 0 saturated carbocycles. The van der Waals surface area contributed by atoms with Crippen molar-refractivity contribution in [2.45, 2.75) is 25.3 Å². The average Bonchev–Trinajstić information content (AvgIpc) is 3.11. The van der Waals surface area contributed by atoms with Gasteiger partial charge in [-0.25, -0.2) is 4.98 Å². The van der Waals surface area contributed by atoms with Crippen molar-refractivity contribution < 1.29 is 9.26 Å². The van der Waals surface area contributed by atoms with E-state index in [0.29, 0.717) is 24.7 Å². The molecule has 0 aromatic carbocycles. The molecular weight excluding hydrogens is 294 g/mol. The van der Waals surface area contributed by atoms with Crippen molar-refractivity contribution in [3.63, 3.8) is 0 Å². The molecular formula is C13H14ClN5O2. The molecule has 1 unspecified atom stereocenters. The lowest BCUT2D eigenvalue weighted by atomic mass is 10.3. The lowest BCUT2D eigenvalue weighted by Crippen LogP contribution is -2.08. The van der Waals surface area contributed by atoms with Crippen molar-refractivity contribution in [2.24, 2.45) is 0 Å². The minimum atomic E-state index is -0.226. The van der Waals surface area contributed by atoms with Gasteiger partial charge in [-0.05, 0) is 13.0 Å². The number of aryl methyl sites for hydroxylation is 2. The van der Waals surface area contributed by atoms with Gasteiger partial charge in [-0.3, -0.25) is 0 Å². The van der Waals surface area contributed by atoms with E-state index in [2.05, 4.69) is 20.1 Å². The molecule has 0 N–H and O–H groups in total. The van der Waals surface area contributed by atoms with Crippen LogP contribution in [0, 0.1) is 0 Å². The molecule has 0 aliphatic carbocycles. The third-order valence-corrected chi connectivity index (χ3v) is 3.32. The van der Waals surface area contributed by atoms with E-state index in [1.807, 2.05) is 17.6 Å². The summed E-state index contributed by atoms with van der Waals surface area (Å²) in [5.41, 5.74) is 1.52. The van der Waals surface area contributed by atoms with Gasteiger partial charge in [0.25, 0.3) is 0 Å². The predicted molar refractivity (Wildman–Crippen MR) is 76.4 cm³/mol. The first-order chi connectivity index (χ1) is 10.2. The molecule has 0 spiro atoms. The van der Waals surface area contributed by atoms with Gasteiger partial charge < -0.3 is 13.8 Å². The van der Waals surface area contributed by atoms with E-state index in [-0.39, 0.29) is 5.38 Å². The van der Waals surface area contributed by atoms with Gasteiger partial charge in [-0.1, -0.05) is 5.16 Å². The van der Waals surface area contributed by atoms with Crippen LogP contribution in [-0.2, 0) is 13.0 Å². The Labute approximate surface area is 125 Å². The summed E-state index contributed by atoms with van der Waals surface area (Å²) in [7, 11) is 1.58. The normalized spacial score (nSPS) is 12.7. The zero-order valence-electron chi connectivity index (χ0n) is 11.7. The topological polar surface area (TPSA) is 78.9 Å². The molecule has 0 bridgehead atoms. The SMILES string of the molecule is COc1ccc2nc(C(C)Cl)n(CCc3ncon3)c2n1. The monoisotopic (exact) mass is 307 g/mol. The highest BCUT2D eigenvalue weighted by Crippen LogP contribution is 2.25. The van der Waals surface area contributed by atoms with E-state index in [1.54, 1.807) is 13.2 Å². The van der Waals surface area contributed by atoms with E-state index in [0.717, 1.165) is 17.0 Å². The van der Waals surface area contributed by atoms with Gasteiger partial charge in [-0.2, -0.15) is 9.97 Å². The molecule has 0 saturated heterocycles. The Bertz CT molecular complexity index is 738. The summed E-state index contributed by atoms with van der Waals surface area (Å²) in [6.45, 7) is 2.49. The van der Waals surface area contributed by atoms with Crippen LogP contribution in [0.15, 0.2) is 23.0 Å². The number of aromatic nitrogens is 5. The number of alkyl halides is 1. The van der Waals surface area contributed by atoms with Crippen LogP contribution in [0.3, 0.4) is 0 Å². The Hall–Kier alpha value is -2.15. The number of hydrogen-bond donors (Lipinski definition) is 0. The number of ether oxygens (including phenoxy) is 1.